The van der Waals surface area contributed by atoms with Gasteiger partial charge in [-0.25, -0.2) is 12.8 Å². The van der Waals surface area contributed by atoms with Crippen molar-refractivity contribution in [3.8, 4) is 6.07 Å². The third-order valence-corrected chi connectivity index (χ3v) is 4.74. The van der Waals surface area contributed by atoms with E-state index in [0.29, 0.717) is 0 Å². The molecular formula is C15H13FN2O2S. The number of benzene rings is 2. The van der Waals surface area contributed by atoms with Crippen molar-refractivity contribution >= 4 is 15.5 Å². The van der Waals surface area contributed by atoms with Crippen LogP contribution in [0.5, 0.6) is 0 Å². The zero-order chi connectivity index (χ0) is 15.6. The van der Waals surface area contributed by atoms with Gasteiger partial charge in [-0.15, -0.1) is 0 Å². The van der Waals surface area contributed by atoms with E-state index in [1.54, 1.807) is 13.0 Å². The summed E-state index contributed by atoms with van der Waals surface area (Å²) in [5.74, 6) is -1.20. The zero-order valence-electron chi connectivity index (χ0n) is 11.3. The van der Waals surface area contributed by atoms with Crippen LogP contribution >= 0.6 is 0 Å². The summed E-state index contributed by atoms with van der Waals surface area (Å²) >= 11 is 0. The lowest BCUT2D eigenvalue weighted by Crippen LogP contribution is -2.09. The molecule has 0 radical (unpaired) electrons. The molecule has 0 aliphatic rings. The van der Waals surface area contributed by atoms with Crippen molar-refractivity contribution in [1.82, 2.24) is 0 Å². The minimum Gasteiger partial charge on any atom is -0.398 e. The molecular weight excluding hydrogens is 291 g/mol. The van der Waals surface area contributed by atoms with Crippen LogP contribution in [-0.2, 0) is 15.6 Å². The van der Waals surface area contributed by atoms with Gasteiger partial charge in [0.15, 0.2) is 9.84 Å². The molecule has 2 aromatic carbocycles. The third-order valence-electron chi connectivity index (χ3n) is 3.02. The van der Waals surface area contributed by atoms with Crippen molar-refractivity contribution in [3.63, 3.8) is 0 Å². The number of hydrogen-bond acceptors (Lipinski definition) is 4. The fourth-order valence-corrected chi connectivity index (χ4v) is 3.53. The number of nitrogen functional groups attached to an aromatic ring is 1. The summed E-state index contributed by atoms with van der Waals surface area (Å²) in [7, 11) is -3.79. The fraction of sp³-hybridized carbons (Fsp3) is 0.133. The molecule has 21 heavy (non-hydrogen) atoms. The minimum absolute atomic E-state index is 0.0238. The molecule has 4 nitrogen and oxygen atoms in total. The molecule has 2 N–H and O–H groups in total. The van der Waals surface area contributed by atoms with Gasteiger partial charge in [0.05, 0.1) is 28.0 Å². The zero-order valence-corrected chi connectivity index (χ0v) is 12.1. The summed E-state index contributed by atoms with van der Waals surface area (Å²) < 4.78 is 38.5. The number of hydrogen-bond donors (Lipinski definition) is 1. The molecule has 2 rings (SSSR count). The number of halogens is 1. The van der Waals surface area contributed by atoms with E-state index >= 15 is 0 Å². The standard InChI is InChI=1S/C15H13FN2O2S/c1-10-2-5-14(18)15(6-10)21(19,20)9-12-7-11(8-17)3-4-13(12)16/h2-7H,9,18H2,1H3. The van der Waals surface area contributed by atoms with Gasteiger partial charge in [-0.05, 0) is 42.8 Å². The molecule has 108 valence electrons. The van der Waals surface area contributed by atoms with Crippen molar-refractivity contribution in [2.24, 2.45) is 0 Å². The molecule has 0 aromatic heterocycles. The number of nitrogens with two attached hydrogens (primary N) is 1. The number of anilines is 1. The van der Waals surface area contributed by atoms with Crippen molar-refractivity contribution in [3.05, 3.63) is 58.9 Å². The lowest BCUT2D eigenvalue weighted by atomic mass is 10.1. The van der Waals surface area contributed by atoms with Crippen LogP contribution in [0.1, 0.15) is 16.7 Å². The van der Waals surface area contributed by atoms with Gasteiger partial charge in [-0.3, -0.25) is 0 Å². The van der Waals surface area contributed by atoms with Crippen molar-refractivity contribution in [2.75, 3.05) is 5.73 Å². The van der Waals surface area contributed by atoms with Gasteiger partial charge in [0, 0.05) is 5.56 Å². The predicted octanol–water partition coefficient (Wildman–Crippen LogP) is 2.56. The average molecular weight is 304 g/mol. The molecule has 0 saturated heterocycles. The normalized spacial score (nSPS) is 11.1. The van der Waals surface area contributed by atoms with Crippen LogP contribution in [-0.4, -0.2) is 8.42 Å². The van der Waals surface area contributed by atoms with Gasteiger partial charge in [-0.1, -0.05) is 6.07 Å². The molecule has 0 atom stereocenters. The Labute approximate surface area is 122 Å². The maximum Gasteiger partial charge on any atom is 0.184 e. The highest BCUT2D eigenvalue weighted by molar-refractivity contribution is 7.90. The molecule has 0 aliphatic heterocycles. The van der Waals surface area contributed by atoms with Crippen molar-refractivity contribution in [2.45, 2.75) is 17.6 Å². The summed E-state index contributed by atoms with van der Waals surface area (Å²) in [5.41, 5.74) is 6.73. The van der Waals surface area contributed by atoms with Crippen LogP contribution < -0.4 is 5.73 Å². The van der Waals surface area contributed by atoms with Gasteiger partial charge >= 0.3 is 0 Å². The van der Waals surface area contributed by atoms with Gasteiger partial charge < -0.3 is 5.73 Å². The first-order valence-electron chi connectivity index (χ1n) is 6.11. The van der Waals surface area contributed by atoms with Crippen molar-refractivity contribution < 1.29 is 12.8 Å². The Morgan fingerprint density at radius 3 is 2.62 bits per heavy atom. The van der Waals surface area contributed by atoms with Crippen LogP contribution in [0.4, 0.5) is 10.1 Å². The smallest absolute Gasteiger partial charge is 0.184 e. The number of nitriles is 1. The SMILES string of the molecule is Cc1ccc(N)c(S(=O)(=O)Cc2cc(C#N)ccc2F)c1. The number of rotatable bonds is 3. The second kappa shape index (κ2) is 5.54. The maximum atomic E-state index is 13.7. The second-order valence-corrected chi connectivity index (χ2v) is 6.68. The first-order chi connectivity index (χ1) is 9.83. The van der Waals surface area contributed by atoms with Gasteiger partial charge in [0.1, 0.15) is 5.82 Å². The first-order valence-corrected chi connectivity index (χ1v) is 7.76. The highest BCUT2D eigenvalue weighted by atomic mass is 32.2. The Balaban J connectivity index is 2.47. The molecule has 0 spiro atoms. The van der Waals surface area contributed by atoms with E-state index in [4.69, 9.17) is 11.0 Å². The van der Waals surface area contributed by atoms with E-state index in [9.17, 15) is 12.8 Å². The minimum atomic E-state index is -3.79. The summed E-state index contributed by atoms with van der Waals surface area (Å²) in [6.45, 7) is 1.75. The van der Waals surface area contributed by atoms with Crippen molar-refractivity contribution in [1.29, 1.82) is 5.26 Å². The van der Waals surface area contributed by atoms with E-state index in [1.165, 1.54) is 24.3 Å². The molecule has 0 heterocycles. The summed E-state index contributed by atoms with van der Waals surface area (Å²) in [5, 5.41) is 8.81. The molecule has 6 heteroatoms. The van der Waals surface area contributed by atoms with Gasteiger partial charge in [0.25, 0.3) is 0 Å². The van der Waals surface area contributed by atoms with Gasteiger partial charge in [0.2, 0.25) is 0 Å². The molecule has 0 aliphatic carbocycles. The topological polar surface area (TPSA) is 84.0 Å². The quantitative estimate of drug-likeness (QED) is 0.883. The highest BCUT2D eigenvalue weighted by Crippen LogP contribution is 2.25. The number of aryl methyl sites for hydroxylation is 1. The lowest BCUT2D eigenvalue weighted by molar-refractivity contribution is 0.587. The summed E-state index contributed by atoms with van der Waals surface area (Å²) in [4.78, 5) is -0.0238. The summed E-state index contributed by atoms with van der Waals surface area (Å²) in [6, 6.07) is 10.1. The largest absolute Gasteiger partial charge is 0.398 e. The molecule has 0 bridgehead atoms. The Hall–Kier alpha value is -2.39. The van der Waals surface area contributed by atoms with Crippen LogP contribution in [0, 0.1) is 24.1 Å². The number of sulfone groups is 1. The Morgan fingerprint density at radius 1 is 1.24 bits per heavy atom. The van der Waals surface area contributed by atoms with E-state index in [2.05, 4.69) is 0 Å². The van der Waals surface area contributed by atoms with Crippen LogP contribution in [0.2, 0.25) is 0 Å². The van der Waals surface area contributed by atoms with E-state index in [-0.39, 0.29) is 21.7 Å². The Morgan fingerprint density at radius 2 is 1.95 bits per heavy atom. The third kappa shape index (κ3) is 3.20. The first kappa shape index (κ1) is 15.0. The second-order valence-electron chi connectivity index (χ2n) is 4.72. The van der Waals surface area contributed by atoms with Crippen LogP contribution in [0.15, 0.2) is 41.3 Å². The number of nitrogens with zero attached hydrogens (tertiary/aromatic N) is 1. The predicted molar refractivity (Wildman–Crippen MR) is 77.6 cm³/mol. The molecule has 0 fully saturated rings. The Bertz CT molecular complexity index is 839. The lowest BCUT2D eigenvalue weighted by Gasteiger charge is -2.09. The average Bonchev–Trinajstić information content (AvgIpc) is 2.43. The monoisotopic (exact) mass is 304 g/mol. The maximum absolute atomic E-state index is 13.7. The molecule has 0 unspecified atom stereocenters. The van der Waals surface area contributed by atoms with E-state index < -0.39 is 21.4 Å². The van der Waals surface area contributed by atoms with Crippen LogP contribution in [0.25, 0.3) is 0 Å². The fourth-order valence-electron chi connectivity index (χ4n) is 1.95. The summed E-state index contributed by atoms with van der Waals surface area (Å²) in [6.07, 6.45) is 0. The molecule has 0 saturated carbocycles. The van der Waals surface area contributed by atoms with Crippen LogP contribution in [0.3, 0.4) is 0 Å². The van der Waals surface area contributed by atoms with E-state index in [1.807, 2.05) is 6.07 Å². The van der Waals surface area contributed by atoms with Gasteiger partial charge in [-0.2, -0.15) is 5.26 Å². The van der Waals surface area contributed by atoms with E-state index in [0.717, 1.165) is 11.6 Å². The molecule has 0 amide bonds. The Kier molecular flexibility index (Phi) is 3.96. The highest BCUT2D eigenvalue weighted by Gasteiger charge is 2.20. The molecule has 2 aromatic rings.